The van der Waals surface area contributed by atoms with Crippen LogP contribution in [0.3, 0.4) is 0 Å². The fourth-order valence-corrected chi connectivity index (χ4v) is 5.12. The van der Waals surface area contributed by atoms with Crippen molar-refractivity contribution in [2.75, 3.05) is 18.4 Å². The molecule has 0 saturated carbocycles. The highest BCUT2D eigenvalue weighted by Gasteiger charge is 2.42. The van der Waals surface area contributed by atoms with Gasteiger partial charge in [0.15, 0.2) is 0 Å². The normalized spacial score (nSPS) is 18.9. The van der Waals surface area contributed by atoms with Gasteiger partial charge in [-0.05, 0) is 55.1 Å². The zero-order chi connectivity index (χ0) is 15.7. The van der Waals surface area contributed by atoms with Gasteiger partial charge in [0.25, 0.3) is 0 Å². The Kier molecular flexibility index (Phi) is 4.95. The van der Waals surface area contributed by atoms with E-state index in [4.69, 9.17) is 0 Å². The van der Waals surface area contributed by atoms with Crippen molar-refractivity contribution in [3.8, 4) is 0 Å². The molecule has 5 nitrogen and oxygen atoms in total. The van der Waals surface area contributed by atoms with Crippen molar-refractivity contribution in [1.82, 2.24) is 9.29 Å². The van der Waals surface area contributed by atoms with Crippen LogP contribution in [-0.2, 0) is 10.0 Å². The molecular formula is C14H22BrN3O2S. The van der Waals surface area contributed by atoms with Crippen LogP contribution in [0.1, 0.15) is 40.0 Å². The lowest BCUT2D eigenvalue weighted by molar-refractivity contribution is 0.292. The molecule has 0 unspecified atom stereocenters. The molecule has 1 aliphatic heterocycles. The summed E-state index contributed by atoms with van der Waals surface area (Å²) in [6.07, 6.45) is 4.30. The first-order valence-corrected chi connectivity index (χ1v) is 9.44. The number of aromatic nitrogens is 1. The summed E-state index contributed by atoms with van der Waals surface area (Å²) >= 11 is 3.32. The van der Waals surface area contributed by atoms with E-state index in [0.29, 0.717) is 23.4 Å². The molecule has 2 rings (SSSR count). The molecule has 1 fully saturated rings. The maximum Gasteiger partial charge on any atom is 0.247 e. The van der Waals surface area contributed by atoms with Gasteiger partial charge in [-0.3, -0.25) is 0 Å². The molecule has 0 atom stereocenters. The molecule has 1 aromatic heterocycles. The summed E-state index contributed by atoms with van der Waals surface area (Å²) in [5.74, 6) is 0.433. The van der Waals surface area contributed by atoms with Crippen LogP contribution in [0.5, 0.6) is 0 Å². The molecule has 7 heteroatoms. The monoisotopic (exact) mass is 375 g/mol. The minimum absolute atomic E-state index is 0.250. The third kappa shape index (κ3) is 3.40. The predicted octanol–water partition coefficient (Wildman–Crippen LogP) is 3.23. The number of hydrogen-bond acceptors (Lipinski definition) is 4. The molecule has 1 aromatic rings. The van der Waals surface area contributed by atoms with Crippen LogP contribution in [-0.4, -0.2) is 36.3 Å². The summed E-state index contributed by atoms with van der Waals surface area (Å²) < 4.78 is 28.3. The van der Waals surface area contributed by atoms with Gasteiger partial charge in [-0.2, -0.15) is 4.31 Å². The Hall–Kier alpha value is -0.660. The van der Waals surface area contributed by atoms with Gasteiger partial charge in [-0.25, -0.2) is 13.4 Å². The molecule has 1 N–H and O–H groups in total. The fourth-order valence-electron chi connectivity index (χ4n) is 2.64. The summed E-state index contributed by atoms with van der Waals surface area (Å²) in [7, 11) is -3.55. The van der Waals surface area contributed by atoms with Gasteiger partial charge in [-0.15, -0.1) is 0 Å². The van der Waals surface area contributed by atoms with Crippen LogP contribution in [0.4, 0.5) is 5.82 Å². The number of nitrogens with one attached hydrogen (secondary N) is 1. The van der Waals surface area contributed by atoms with E-state index in [1.165, 1.54) is 0 Å². The second kappa shape index (κ2) is 6.22. The van der Waals surface area contributed by atoms with Crippen molar-refractivity contribution in [3.63, 3.8) is 0 Å². The number of halogens is 1. The van der Waals surface area contributed by atoms with Crippen LogP contribution in [0.15, 0.2) is 21.6 Å². The van der Waals surface area contributed by atoms with Crippen LogP contribution in [0.25, 0.3) is 0 Å². The van der Waals surface area contributed by atoms with Crippen molar-refractivity contribution < 1.29 is 8.42 Å². The van der Waals surface area contributed by atoms with Gasteiger partial charge in [-0.1, -0.05) is 6.92 Å². The van der Waals surface area contributed by atoms with E-state index in [2.05, 4.69) is 26.2 Å². The van der Waals surface area contributed by atoms with Crippen molar-refractivity contribution in [3.05, 3.63) is 16.7 Å². The van der Waals surface area contributed by atoms with Gasteiger partial charge in [0.1, 0.15) is 10.7 Å². The van der Waals surface area contributed by atoms with Gasteiger partial charge >= 0.3 is 0 Å². The maximum absolute atomic E-state index is 13.0. The highest BCUT2D eigenvalue weighted by molar-refractivity contribution is 9.10. The molecule has 0 radical (unpaired) electrons. The fraction of sp³-hybridized carbons (Fsp3) is 0.643. The highest BCUT2D eigenvalue weighted by atomic mass is 79.9. The van der Waals surface area contributed by atoms with E-state index in [0.717, 1.165) is 19.3 Å². The minimum Gasteiger partial charge on any atom is -0.369 e. The van der Waals surface area contributed by atoms with Gasteiger partial charge < -0.3 is 5.32 Å². The lowest BCUT2D eigenvalue weighted by atomic mass is 10.0. The Bertz CT molecular complexity index is 617. The smallest absolute Gasteiger partial charge is 0.247 e. The van der Waals surface area contributed by atoms with Crippen LogP contribution < -0.4 is 5.32 Å². The molecule has 1 saturated heterocycles. The third-order valence-electron chi connectivity index (χ3n) is 3.75. The quantitative estimate of drug-likeness (QED) is 0.857. The third-order valence-corrected chi connectivity index (χ3v) is 6.31. The van der Waals surface area contributed by atoms with E-state index in [9.17, 15) is 8.42 Å². The Balaban J connectivity index is 2.46. The van der Waals surface area contributed by atoms with Crippen molar-refractivity contribution in [1.29, 1.82) is 0 Å². The Morgan fingerprint density at radius 1 is 1.48 bits per heavy atom. The largest absolute Gasteiger partial charge is 0.369 e. The van der Waals surface area contributed by atoms with Crippen molar-refractivity contribution in [2.24, 2.45) is 0 Å². The van der Waals surface area contributed by atoms with Gasteiger partial charge in [0.2, 0.25) is 10.0 Å². The van der Waals surface area contributed by atoms with E-state index in [-0.39, 0.29) is 10.4 Å². The second-order valence-corrected chi connectivity index (χ2v) is 8.67. The molecule has 0 amide bonds. The Morgan fingerprint density at radius 2 is 2.19 bits per heavy atom. The van der Waals surface area contributed by atoms with Crippen LogP contribution in [0.2, 0.25) is 0 Å². The summed E-state index contributed by atoms with van der Waals surface area (Å²) in [5, 5.41) is 3.11. The van der Waals surface area contributed by atoms with E-state index in [1.54, 1.807) is 16.6 Å². The summed E-state index contributed by atoms with van der Waals surface area (Å²) in [6.45, 7) is 7.24. The molecule has 0 bridgehead atoms. The number of anilines is 1. The standard InChI is InChI=1S/C14H22BrN3O2S/c1-4-7-16-13-12(9-11(15)10-17-13)21(19,20)18-8-5-6-14(18,2)3/h9-10H,4-8H2,1-3H3,(H,16,17). The zero-order valence-corrected chi connectivity index (χ0v) is 15.1. The Labute approximate surface area is 135 Å². The molecule has 0 spiro atoms. The van der Waals surface area contributed by atoms with Crippen molar-refractivity contribution in [2.45, 2.75) is 50.5 Å². The topological polar surface area (TPSA) is 62.3 Å². The first-order valence-electron chi connectivity index (χ1n) is 7.21. The Morgan fingerprint density at radius 3 is 2.76 bits per heavy atom. The molecule has 118 valence electrons. The number of pyridine rings is 1. The lowest BCUT2D eigenvalue weighted by Gasteiger charge is -2.31. The molecule has 0 aliphatic carbocycles. The number of nitrogens with zero attached hydrogens (tertiary/aromatic N) is 2. The van der Waals surface area contributed by atoms with Crippen LogP contribution in [0, 0.1) is 0 Å². The lowest BCUT2D eigenvalue weighted by Crippen LogP contribution is -2.42. The van der Waals surface area contributed by atoms with E-state index in [1.807, 2.05) is 20.8 Å². The summed E-state index contributed by atoms with van der Waals surface area (Å²) in [4.78, 5) is 4.49. The van der Waals surface area contributed by atoms with Crippen LogP contribution >= 0.6 is 15.9 Å². The average molecular weight is 376 g/mol. The molecule has 21 heavy (non-hydrogen) atoms. The molecule has 2 heterocycles. The molecule has 1 aliphatic rings. The summed E-state index contributed by atoms with van der Waals surface area (Å²) in [5.41, 5.74) is -0.344. The summed E-state index contributed by atoms with van der Waals surface area (Å²) in [6, 6.07) is 1.63. The predicted molar refractivity (Wildman–Crippen MR) is 87.9 cm³/mol. The second-order valence-electron chi connectivity index (χ2n) is 5.92. The first-order chi connectivity index (χ1) is 9.79. The highest BCUT2D eigenvalue weighted by Crippen LogP contribution is 2.36. The van der Waals surface area contributed by atoms with Crippen molar-refractivity contribution >= 4 is 31.8 Å². The number of rotatable bonds is 5. The SMILES string of the molecule is CCCNc1ncc(Br)cc1S(=O)(=O)N1CCCC1(C)C. The first kappa shape index (κ1) is 16.7. The van der Waals surface area contributed by atoms with E-state index >= 15 is 0 Å². The number of hydrogen-bond donors (Lipinski definition) is 1. The van der Waals surface area contributed by atoms with Gasteiger partial charge in [0, 0.05) is 29.3 Å². The van der Waals surface area contributed by atoms with E-state index < -0.39 is 10.0 Å². The maximum atomic E-state index is 13.0. The molecule has 0 aromatic carbocycles. The zero-order valence-electron chi connectivity index (χ0n) is 12.7. The number of sulfonamides is 1. The van der Waals surface area contributed by atoms with Gasteiger partial charge in [0.05, 0.1) is 0 Å². The minimum atomic E-state index is -3.55. The molecular weight excluding hydrogens is 354 g/mol. The average Bonchev–Trinajstić information content (AvgIpc) is 2.77.